The number of aliphatic hydroxyl groups excluding tert-OH is 1. The van der Waals surface area contributed by atoms with Crippen molar-refractivity contribution in [1.82, 2.24) is 78.6 Å². The van der Waals surface area contributed by atoms with E-state index < -0.39 is 173 Å². The Hall–Kier alpha value is -11.3. The van der Waals surface area contributed by atoms with Crippen LogP contribution in [0.5, 0.6) is 5.75 Å². The van der Waals surface area contributed by atoms with Crippen LogP contribution in [0.3, 0.4) is 0 Å². The van der Waals surface area contributed by atoms with Gasteiger partial charge in [-0.2, -0.15) is 0 Å². The van der Waals surface area contributed by atoms with Gasteiger partial charge in [-0.15, -0.1) is 0 Å². The second kappa shape index (κ2) is 54.6. The van der Waals surface area contributed by atoms with E-state index >= 15 is 43.2 Å². The molecular formula is C85H140N26O16. The zero-order chi connectivity index (χ0) is 93.2. The van der Waals surface area contributed by atoms with Crippen LogP contribution in [0.15, 0.2) is 64.7 Å². The first-order chi connectivity index (χ1) is 60.7. The molecule has 0 radical (unpaired) electrons. The first kappa shape index (κ1) is 104. The molecule has 3 aliphatic rings. The topological polar surface area (TPSA) is 705 Å². The van der Waals surface area contributed by atoms with E-state index in [-0.39, 0.29) is 198 Å². The number of fused-ring (bicyclic) bond motifs is 3. The maximum absolute atomic E-state index is 15.2. The van der Waals surface area contributed by atoms with Gasteiger partial charge in [0.05, 0.1) is 6.10 Å². The Labute approximate surface area is 741 Å². The molecule has 0 saturated carbocycles. The summed E-state index contributed by atoms with van der Waals surface area (Å²) in [5.41, 5.74) is 54.2. The number of hydrogen-bond acceptors (Lipinski definition) is 23. The summed E-state index contributed by atoms with van der Waals surface area (Å²) in [5, 5.41) is 55.4. The highest BCUT2D eigenvalue weighted by Crippen LogP contribution is 2.28. The van der Waals surface area contributed by atoms with Gasteiger partial charge in [0, 0.05) is 56.1 Å². The highest BCUT2D eigenvalue weighted by atomic mass is 16.3. The number of carbonyl (C=O) groups is 14. The number of nitrogens with zero attached hydrogens (tertiary/aromatic N) is 4. The number of nitrogens with one attached hydrogen (secondary N) is 13. The molecule has 3 aromatic rings. The lowest BCUT2D eigenvalue weighted by molar-refractivity contribution is -0.148. The normalized spacial score (nSPS) is 24.7. The van der Waals surface area contributed by atoms with E-state index in [1.807, 2.05) is 0 Å². The summed E-state index contributed by atoms with van der Waals surface area (Å²) in [7, 11) is 0. The maximum atomic E-state index is 15.2. The molecule has 14 amide bonds. The highest BCUT2D eigenvalue weighted by molar-refractivity contribution is 6.02. The van der Waals surface area contributed by atoms with Gasteiger partial charge in [-0.25, -0.2) is 0 Å². The van der Waals surface area contributed by atoms with Crippen molar-refractivity contribution in [2.24, 2.45) is 67.5 Å². The van der Waals surface area contributed by atoms with Crippen LogP contribution in [0.4, 0.5) is 0 Å². The van der Waals surface area contributed by atoms with E-state index in [2.05, 4.69) is 78.8 Å². The second-order valence-corrected chi connectivity index (χ2v) is 33.3. The summed E-state index contributed by atoms with van der Waals surface area (Å²) in [5.74, 6) is -13.0. The first-order valence-electron chi connectivity index (χ1n) is 44.6. The fraction of sp³-hybridized carbons (Fsp3) is 0.647. The molecule has 1 aromatic heterocycles. The predicted octanol–water partition coefficient (Wildman–Crippen LogP) is -4.33. The van der Waals surface area contributed by atoms with E-state index in [0.29, 0.717) is 73.4 Å². The number of hydrogen-bond donors (Lipinski definition) is 24. The van der Waals surface area contributed by atoms with Crippen molar-refractivity contribution in [1.29, 1.82) is 0 Å². The summed E-state index contributed by atoms with van der Waals surface area (Å²) in [6, 6.07) is -7.34. The summed E-state index contributed by atoms with van der Waals surface area (Å²) < 4.78 is 0. The summed E-state index contributed by atoms with van der Waals surface area (Å²) in [4.78, 5) is 224. The largest absolute Gasteiger partial charge is 0.508 e. The molecule has 0 spiro atoms. The molecule has 3 aliphatic heterocycles. The number of nitrogens with two attached hydrogens (primary N) is 9. The zero-order valence-electron chi connectivity index (χ0n) is 73.8. The third-order valence-electron chi connectivity index (χ3n) is 22.6. The van der Waals surface area contributed by atoms with Gasteiger partial charge >= 0.3 is 0 Å². The van der Waals surface area contributed by atoms with Gasteiger partial charge in [-0.05, 0) is 236 Å². The van der Waals surface area contributed by atoms with E-state index in [1.54, 1.807) is 44.3 Å². The minimum absolute atomic E-state index is 0.0249. The number of aliphatic imine (C=N–C) groups is 2. The quantitative estimate of drug-likeness (QED) is 0.0150. The third-order valence-corrected chi connectivity index (χ3v) is 22.6. The molecule has 15 atom stereocenters. The van der Waals surface area contributed by atoms with Crippen molar-refractivity contribution in [3.8, 4) is 5.75 Å². The van der Waals surface area contributed by atoms with Crippen molar-refractivity contribution in [3.63, 3.8) is 0 Å². The van der Waals surface area contributed by atoms with Crippen LogP contribution in [0.25, 0.3) is 10.9 Å². The summed E-state index contributed by atoms with van der Waals surface area (Å²) in [6.45, 7) is 7.12. The van der Waals surface area contributed by atoms with Crippen LogP contribution in [0, 0.1) is 5.92 Å². The highest BCUT2D eigenvalue weighted by Gasteiger charge is 2.46. The molecule has 42 nitrogen and oxygen atoms in total. The van der Waals surface area contributed by atoms with Gasteiger partial charge in [0.2, 0.25) is 82.7 Å². The number of unbranched alkanes of at least 4 members (excludes halogenated alkanes) is 5. The fourth-order valence-corrected chi connectivity index (χ4v) is 15.6. The molecule has 6 rings (SSSR count). The minimum Gasteiger partial charge on any atom is -0.508 e. The Bertz CT molecular complexity index is 4160. The number of carbonyl (C=O) groups excluding carboxylic acids is 14. The zero-order valence-corrected chi connectivity index (χ0v) is 73.8. The molecule has 0 aliphatic carbocycles. The van der Waals surface area contributed by atoms with Crippen molar-refractivity contribution in [3.05, 3.63) is 65.9 Å². The van der Waals surface area contributed by atoms with Gasteiger partial charge in [0.1, 0.15) is 90.3 Å². The number of aliphatic hydroxyl groups is 1. The Morgan fingerprint density at radius 1 is 0.402 bits per heavy atom. The Morgan fingerprint density at radius 2 is 0.764 bits per heavy atom. The van der Waals surface area contributed by atoms with Crippen LogP contribution in [0.2, 0.25) is 0 Å². The predicted molar refractivity (Wildman–Crippen MR) is 478 cm³/mol. The van der Waals surface area contributed by atoms with Crippen LogP contribution < -0.4 is 115 Å². The smallest absolute Gasteiger partial charge is 0.246 e. The number of guanidine groups is 2. The number of benzene rings is 2. The number of phenols is 1. The summed E-state index contributed by atoms with van der Waals surface area (Å²) in [6.07, 6.45) is 3.13. The Balaban J connectivity index is 1.48. The molecule has 2 aromatic carbocycles. The third kappa shape index (κ3) is 34.4. The molecule has 33 N–H and O–H groups in total. The van der Waals surface area contributed by atoms with Crippen LogP contribution >= 0.6 is 0 Å². The number of rotatable bonds is 35. The average molecular weight is 1780 g/mol. The monoisotopic (exact) mass is 1780 g/mol. The first-order valence-corrected chi connectivity index (χ1v) is 44.6. The molecule has 706 valence electrons. The molecule has 3 saturated heterocycles. The molecule has 0 unspecified atom stereocenters. The Kier molecular flexibility index (Phi) is 44.9. The van der Waals surface area contributed by atoms with E-state index in [1.165, 1.54) is 47.9 Å². The average Bonchev–Trinajstić information content (AvgIpc) is 1.66. The number of amides is 14. The van der Waals surface area contributed by atoms with Crippen molar-refractivity contribution in [2.45, 2.75) is 285 Å². The lowest BCUT2D eigenvalue weighted by Crippen LogP contribution is -2.62. The number of para-hydroxylation sites is 1. The molecule has 42 heteroatoms. The van der Waals surface area contributed by atoms with Crippen LogP contribution in [-0.2, 0) is 80.0 Å². The van der Waals surface area contributed by atoms with Gasteiger partial charge in [-0.1, -0.05) is 44.2 Å². The van der Waals surface area contributed by atoms with E-state index in [4.69, 9.17) is 51.6 Å². The van der Waals surface area contributed by atoms with Gasteiger partial charge in [0.15, 0.2) is 11.9 Å². The number of phenolic OH excluding ortho intramolecular Hbond substituents is 1. The number of aromatic hydroxyl groups is 1. The van der Waals surface area contributed by atoms with Crippen molar-refractivity contribution in [2.75, 3.05) is 58.9 Å². The van der Waals surface area contributed by atoms with Crippen molar-refractivity contribution < 1.29 is 77.3 Å². The standard InChI is InChI=1S/C85H140N26O16/c1-49(2)45-64-77(121)103-59(25-9-14-38-88)74(118)100-58(24-8-13-37-87)72(116)101-61(28-17-41-95-84(91)92)75(119)102-62(29-18-42-96-85(93)94)76(120)107-65(46-52-32-34-54(113)35-33-52)78(122)104-60(26-10-15-39-89)73(117)99-57(23-7-12-36-86)71(115)98-50(3)70(114)105-63(27-11-16-40-90)82(126)111-44-20-31-68(111)83(127)110-43-19-30-67(110)80(124)109-69(51(4)112)81(125)108-66(79(123)106-64)47-53-48-97-56-22-6-5-21-55(53)56/h5-6,21-22,32-35,48-51,57-69,97,112-113H,7-20,23-31,36-47,86-90H2,1-4H3,(H,98,115)(H,99,117)(H,100,118)(H,101,116)(H,102,119)(H,103,121)(H,104,122)(H,105,114)(H,106,123)(H,107,120)(H,108,125)(H,109,124)(H4,91,92,95)(H4,93,94,96)/t50-,51+,57-,58-,59-,60-,61-,62-,63-,64-,65-,66-,67-,68+,69-/m0/s1. The minimum atomic E-state index is -1.77. The fourth-order valence-electron chi connectivity index (χ4n) is 15.6. The maximum Gasteiger partial charge on any atom is 0.246 e. The number of aromatic nitrogens is 1. The number of H-pyrrole nitrogens is 1. The van der Waals surface area contributed by atoms with E-state index in [9.17, 15) is 34.2 Å². The molecule has 127 heavy (non-hydrogen) atoms. The SMILES string of the molecule is CC(C)C[C@@H]1NC(=O)[C@H](Cc2c[nH]c3ccccc23)NC(=O)[C@H]([C@@H](C)O)NC(=O)[C@@H]2CCCN2C(=O)[C@H]2CCCN2C(=O)[C@H](CCCCN)NC(=O)[C@H](C)NC(=O)[C@H](CCCCN)NC(=O)[C@H](CCCCN)NC(=O)[C@H](Cc2ccc(O)cc2)NC(=O)[C@H](CCCN=C(N)N)NC(=O)[C@H](CCCN=C(N)N)NC(=O)[C@H](CCCCN)NC(=O)[C@H](CCCCN)NC1=O. The second-order valence-electron chi connectivity index (χ2n) is 33.3. The van der Waals surface area contributed by atoms with Crippen LogP contribution in [-0.4, -0.2) is 269 Å². The lowest BCUT2D eigenvalue weighted by Gasteiger charge is -2.34. The van der Waals surface area contributed by atoms with Gasteiger partial charge < -0.3 is 140 Å². The molecule has 0 bridgehead atoms. The van der Waals surface area contributed by atoms with Gasteiger partial charge in [0.25, 0.3) is 0 Å². The van der Waals surface area contributed by atoms with Crippen LogP contribution in [0.1, 0.15) is 193 Å². The van der Waals surface area contributed by atoms with Crippen molar-refractivity contribution >= 4 is 106 Å². The molecular weight excluding hydrogens is 1640 g/mol. The number of aromatic amines is 1. The summed E-state index contributed by atoms with van der Waals surface area (Å²) >= 11 is 0. The molecule has 4 heterocycles. The lowest BCUT2D eigenvalue weighted by atomic mass is 9.99. The Morgan fingerprint density at radius 3 is 1.20 bits per heavy atom. The van der Waals surface area contributed by atoms with E-state index in [0.717, 1.165) is 0 Å². The van der Waals surface area contributed by atoms with Gasteiger partial charge in [-0.3, -0.25) is 77.1 Å². The molecule has 3 fully saturated rings.